The lowest BCUT2D eigenvalue weighted by atomic mass is 9.96. The van der Waals surface area contributed by atoms with Gasteiger partial charge in [-0.2, -0.15) is 0 Å². The minimum absolute atomic E-state index is 0.0666. The van der Waals surface area contributed by atoms with Gasteiger partial charge in [0, 0.05) is 22.7 Å². The summed E-state index contributed by atoms with van der Waals surface area (Å²) in [5.74, 6) is 1.51. The maximum absolute atomic E-state index is 6.09. The third kappa shape index (κ3) is 3.09. The Kier molecular flexibility index (Phi) is 4.36. The SMILES string of the molecule is COc1cc(Cl)cc(CC(C)N)c1OC1CCC1. The zero-order chi connectivity index (χ0) is 13.1. The number of ether oxygens (including phenoxy) is 2. The Labute approximate surface area is 113 Å². The third-order valence-corrected chi connectivity index (χ3v) is 3.41. The highest BCUT2D eigenvalue weighted by atomic mass is 35.5. The van der Waals surface area contributed by atoms with Crippen molar-refractivity contribution in [2.24, 2.45) is 5.73 Å². The molecule has 0 aromatic heterocycles. The first kappa shape index (κ1) is 13.5. The Morgan fingerprint density at radius 3 is 2.67 bits per heavy atom. The van der Waals surface area contributed by atoms with Crippen molar-refractivity contribution < 1.29 is 9.47 Å². The predicted octanol–water partition coefficient (Wildman–Crippen LogP) is 3.17. The molecule has 0 saturated heterocycles. The summed E-state index contributed by atoms with van der Waals surface area (Å²) in [6.07, 6.45) is 4.52. The first-order valence-electron chi connectivity index (χ1n) is 6.38. The molecule has 100 valence electrons. The van der Waals surface area contributed by atoms with Crippen LogP contribution < -0.4 is 15.2 Å². The predicted molar refractivity (Wildman–Crippen MR) is 73.6 cm³/mol. The second-order valence-electron chi connectivity index (χ2n) is 4.95. The Balaban J connectivity index is 2.30. The van der Waals surface area contributed by atoms with Gasteiger partial charge in [-0.3, -0.25) is 0 Å². The van der Waals surface area contributed by atoms with Crippen LogP contribution in [0.5, 0.6) is 11.5 Å². The molecule has 1 aliphatic carbocycles. The molecule has 0 bridgehead atoms. The Hall–Kier alpha value is -0.930. The van der Waals surface area contributed by atoms with Crippen LogP contribution in [0.3, 0.4) is 0 Å². The largest absolute Gasteiger partial charge is 0.493 e. The summed E-state index contributed by atoms with van der Waals surface area (Å²) >= 11 is 6.09. The summed E-state index contributed by atoms with van der Waals surface area (Å²) in [5.41, 5.74) is 6.90. The molecule has 0 radical (unpaired) electrons. The van der Waals surface area contributed by atoms with Gasteiger partial charge in [0.2, 0.25) is 0 Å². The van der Waals surface area contributed by atoms with Crippen LogP contribution in [-0.4, -0.2) is 19.3 Å². The van der Waals surface area contributed by atoms with Crippen LogP contribution >= 0.6 is 11.6 Å². The summed E-state index contributed by atoms with van der Waals surface area (Å²) in [7, 11) is 1.63. The number of rotatable bonds is 5. The highest BCUT2D eigenvalue weighted by Crippen LogP contribution is 2.38. The average Bonchev–Trinajstić information content (AvgIpc) is 2.23. The second kappa shape index (κ2) is 5.81. The molecule has 2 N–H and O–H groups in total. The lowest BCUT2D eigenvalue weighted by Crippen LogP contribution is -2.26. The fraction of sp³-hybridized carbons (Fsp3) is 0.571. The highest BCUT2D eigenvalue weighted by molar-refractivity contribution is 6.30. The molecule has 18 heavy (non-hydrogen) atoms. The fourth-order valence-corrected chi connectivity index (χ4v) is 2.29. The van der Waals surface area contributed by atoms with Crippen LogP contribution in [0.2, 0.25) is 5.02 Å². The van der Waals surface area contributed by atoms with Gasteiger partial charge in [-0.15, -0.1) is 0 Å². The first-order chi connectivity index (χ1) is 8.60. The molecule has 1 aromatic rings. The number of hydrogen-bond acceptors (Lipinski definition) is 3. The molecule has 1 aliphatic rings. The molecule has 3 nitrogen and oxygen atoms in total. The van der Waals surface area contributed by atoms with E-state index in [1.54, 1.807) is 13.2 Å². The lowest BCUT2D eigenvalue weighted by Gasteiger charge is -2.28. The first-order valence-corrected chi connectivity index (χ1v) is 6.76. The quantitative estimate of drug-likeness (QED) is 0.893. The van der Waals surface area contributed by atoms with E-state index in [9.17, 15) is 0 Å². The van der Waals surface area contributed by atoms with Crippen molar-refractivity contribution in [1.82, 2.24) is 0 Å². The summed E-state index contributed by atoms with van der Waals surface area (Å²) in [4.78, 5) is 0. The zero-order valence-electron chi connectivity index (χ0n) is 10.9. The molecule has 1 unspecified atom stereocenters. The molecule has 4 heteroatoms. The van der Waals surface area contributed by atoms with Gasteiger partial charge in [-0.1, -0.05) is 11.6 Å². The monoisotopic (exact) mass is 269 g/mol. The number of methoxy groups -OCH3 is 1. The molecule has 0 aliphatic heterocycles. The molecule has 1 aromatic carbocycles. The summed E-state index contributed by atoms with van der Waals surface area (Å²) in [6, 6.07) is 3.78. The van der Waals surface area contributed by atoms with E-state index in [4.69, 9.17) is 26.8 Å². The zero-order valence-corrected chi connectivity index (χ0v) is 11.7. The molecule has 2 rings (SSSR count). The lowest BCUT2D eigenvalue weighted by molar-refractivity contribution is 0.114. The van der Waals surface area contributed by atoms with Crippen LogP contribution in [0.25, 0.3) is 0 Å². The van der Waals surface area contributed by atoms with E-state index in [0.717, 1.165) is 30.6 Å². The van der Waals surface area contributed by atoms with Crippen LogP contribution in [0.4, 0.5) is 0 Å². The van der Waals surface area contributed by atoms with Crippen LogP contribution in [0.1, 0.15) is 31.7 Å². The van der Waals surface area contributed by atoms with Crippen molar-refractivity contribution in [1.29, 1.82) is 0 Å². The maximum atomic E-state index is 6.09. The number of nitrogens with two attached hydrogens (primary N) is 1. The van der Waals surface area contributed by atoms with Gasteiger partial charge < -0.3 is 15.2 Å². The minimum atomic E-state index is 0.0666. The van der Waals surface area contributed by atoms with Gasteiger partial charge in [-0.25, -0.2) is 0 Å². The Morgan fingerprint density at radius 2 is 2.17 bits per heavy atom. The van der Waals surface area contributed by atoms with E-state index in [1.807, 2.05) is 13.0 Å². The Morgan fingerprint density at radius 1 is 1.44 bits per heavy atom. The maximum Gasteiger partial charge on any atom is 0.164 e. The van der Waals surface area contributed by atoms with E-state index in [2.05, 4.69) is 0 Å². The van der Waals surface area contributed by atoms with Gasteiger partial charge in [0.05, 0.1) is 13.2 Å². The van der Waals surface area contributed by atoms with E-state index in [-0.39, 0.29) is 6.04 Å². The molecule has 0 spiro atoms. The van der Waals surface area contributed by atoms with Crippen LogP contribution in [-0.2, 0) is 6.42 Å². The van der Waals surface area contributed by atoms with Crippen molar-refractivity contribution >= 4 is 11.6 Å². The van der Waals surface area contributed by atoms with Crippen molar-refractivity contribution in [3.05, 3.63) is 22.7 Å². The van der Waals surface area contributed by atoms with Gasteiger partial charge in [0.15, 0.2) is 11.5 Å². The molecular weight excluding hydrogens is 250 g/mol. The summed E-state index contributed by atoms with van der Waals surface area (Å²) < 4.78 is 11.4. The number of halogens is 1. The van der Waals surface area contributed by atoms with E-state index in [0.29, 0.717) is 16.9 Å². The minimum Gasteiger partial charge on any atom is -0.493 e. The van der Waals surface area contributed by atoms with E-state index < -0.39 is 0 Å². The van der Waals surface area contributed by atoms with Crippen molar-refractivity contribution in [2.45, 2.75) is 44.8 Å². The smallest absolute Gasteiger partial charge is 0.164 e. The van der Waals surface area contributed by atoms with Crippen molar-refractivity contribution in [3.63, 3.8) is 0 Å². The fourth-order valence-electron chi connectivity index (χ4n) is 2.06. The second-order valence-corrected chi connectivity index (χ2v) is 5.38. The van der Waals surface area contributed by atoms with Crippen LogP contribution in [0.15, 0.2) is 12.1 Å². The standard InChI is InChI=1S/C14H20ClNO2/c1-9(16)6-10-7-11(15)8-13(17-2)14(10)18-12-4-3-5-12/h7-9,12H,3-6,16H2,1-2H3. The number of benzene rings is 1. The molecule has 0 amide bonds. The van der Waals surface area contributed by atoms with Crippen LogP contribution in [0, 0.1) is 0 Å². The van der Waals surface area contributed by atoms with Crippen molar-refractivity contribution in [3.8, 4) is 11.5 Å². The topological polar surface area (TPSA) is 44.5 Å². The van der Waals surface area contributed by atoms with Gasteiger partial charge in [0.1, 0.15) is 0 Å². The van der Waals surface area contributed by atoms with Gasteiger partial charge in [0.25, 0.3) is 0 Å². The molecule has 1 atom stereocenters. The third-order valence-electron chi connectivity index (χ3n) is 3.20. The van der Waals surface area contributed by atoms with Gasteiger partial charge >= 0.3 is 0 Å². The number of hydrogen-bond donors (Lipinski definition) is 1. The average molecular weight is 270 g/mol. The summed E-state index contributed by atoms with van der Waals surface area (Å²) in [5, 5.41) is 0.656. The Bertz CT molecular complexity index is 417. The molecule has 1 saturated carbocycles. The van der Waals surface area contributed by atoms with Gasteiger partial charge in [-0.05, 0) is 38.7 Å². The van der Waals surface area contributed by atoms with E-state index in [1.165, 1.54) is 6.42 Å². The molecular formula is C14H20ClNO2. The highest BCUT2D eigenvalue weighted by Gasteiger charge is 2.23. The van der Waals surface area contributed by atoms with Crippen molar-refractivity contribution in [2.75, 3.05) is 7.11 Å². The summed E-state index contributed by atoms with van der Waals surface area (Å²) in [6.45, 7) is 1.97. The normalized spacial score (nSPS) is 17.1. The van der Waals surface area contributed by atoms with E-state index >= 15 is 0 Å². The molecule has 0 heterocycles. The molecule has 1 fully saturated rings.